The third-order valence-corrected chi connectivity index (χ3v) is 5.49. The van der Waals surface area contributed by atoms with Crippen molar-refractivity contribution in [2.75, 3.05) is 18.8 Å². The minimum absolute atomic E-state index is 0.169. The first-order chi connectivity index (χ1) is 9.32. The van der Waals surface area contributed by atoms with Crippen molar-refractivity contribution in [1.82, 2.24) is 4.31 Å². The number of nitro groups is 1. The molecule has 1 aliphatic rings. The van der Waals surface area contributed by atoms with E-state index >= 15 is 0 Å². The predicted octanol–water partition coefficient (Wildman–Crippen LogP) is 1.60. The number of nitrogens with two attached hydrogens (primary N) is 1. The van der Waals surface area contributed by atoms with E-state index < -0.39 is 20.6 Å². The second-order valence-corrected chi connectivity index (χ2v) is 6.98. The minimum Gasteiger partial charge on any atom is -0.399 e. The number of piperidine rings is 1. The lowest BCUT2D eigenvalue weighted by atomic mass is 10.0. The van der Waals surface area contributed by atoms with E-state index in [4.69, 9.17) is 5.73 Å². The molecular weight excluding hydrogens is 282 g/mol. The smallest absolute Gasteiger partial charge is 0.291 e. The van der Waals surface area contributed by atoms with Gasteiger partial charge in [-0.05, 0) is 30.9 Å². The van der Waals surface area contributed by atoms with E-state index in [1.807, 2.05) is 0 Å². The van der Waals surface area contributed by atoms with E-state index in [0.717, 1.165) is 18.9 Å². The Morgan fingerprint density at radius 3 is 2.50 bits per heavy atom. The van der Waals surface area contributed by atoms with Gasteiger partial charge in [-0.15, -0.1) is 0 Å². The molecule has 0 spiro atoms. The Morgan fingerprint density at radius 2 is 1.95 bits per heavy atom. The summed E-state index contributed by atoms with van der Waals surface area (Å²) < 4.78 is 26.3. The largest absolute Gasteiger partial charge is 0.399 e. The summed E-state index contributed by atoms with van der Waals surface area (Å²) in [6.45, 7) is 2.85. The van der Waals surface area contributed by atoms with Crippen LogP contribution in [-0.2, 0) is 10.0 Å². The van der Waals surface area contributed by atoms with Crippen molar-refractivity contribution in [1.29, 1.82) is 0 Å². The summed E-state index contributed by atoms with van der Waals surface area (Å²) in [5.74, 6) is 0.475. The molecule has 7 nitrogen and oxygen atoms in total. The van der Waals surface area contributed by atoms with E-state index in [1.54, 1.807) is 0 Å². The number of sulfonamides is 1. The zero-order valence-corrected chi connectivity index (χ0v) is 12.0. The first-order valence-electron chi connectivity index (χ1n) is 6.36. The summed E-state index contributed by atoms with van der Waals surface area (Å²) in [6, 6.07) is 3.66. The maximum absolute atomic E-state index is 12.5. The molecule has 110 valence electrons. The number of hydrogen-bond donors (Lipinski definition) is 1. The third kappa shape index (κ3) is 2.75. The van der Waals surface area contributed by atoms with Gasteiger partial charge >= 0.3 is 0 Å². The molecule has 1 heterocycles. The average Bonchev–Trinajstić information content (AvgIpc) is 2.38. The number of nitrogens with zero attached hydrogens (tertiary/aromatic N) is 2. The fourth-order valence-electron chi connectivity index (χ4n) is 2.26. The van der Waals surface area contributed by atoms with Crippen molar-refractivity contribution in [2.24, 2.45) is 5.92 Å². The second-order valence-electron chi connectivity index (χ2n) is 5.07. The molecule has 0 aromatic heterocycles. The monoisotopic (exact) mass is 299 g/mol. The minimum atomic E-state index is -3.84. The molecule has 2 rings (SSSR count). The summed E-state index contributed by atoms with van der Waals surface area (Å²) in [5.41, 5.74) is 5.19. The zero-order valence-electron chi connectivity index (χ0n) is 11.2. The fraction of sp³-hybridized carbons (Fsp3) is 0.500. The number of nitro benzene ring substituents is 1. The van der Waals surface area contributed by atoms with Crippen LogP contribution in [0, 0.1) is 16.0 Å². The van der Waals surface area contributed by atoms with Crippen LogP contribution < -0.4 is 5.73 Å². The van der Waals surface area contributed by atoms with Crippen LogP contribution in [0.3, 0.4) is 0 Å². The Hall–Kier alpha value is -1.67. The highest BCUT2D eigenvalue weighted by Crippen LogP contribution is 2.30. The van der Waals surface area contributed by atoms with Gasteiger partial charge in [-0.25, -0.2) is 8.42 Å². The molecule has 8 heteroatoms. The number of nitrogen functional groups attached to an aromatic ring is 1. The summed E-state index contributed by atoms with van der Waals surface area (Å²) in [6.07, 6.45) is 1.53. The van der Waals surface area contributed by atoms with Crippen LogP contribution in [0.15, 0.2) is 23.1 Å². The molecular formula is C12H17N3O4S. The molecule has 2 N–H and O–H groups in total. The molecule has 20 heavy (non-hydrogen) atoms. The number of hydrogen-bond acceptors (Lipinski definition) is 5. The van der Waals surface area contributed by atoms with Crippen molar-refractivity contribution in [3.8, 4) is 0 Å². The molecule has 1 aromatic carbocycles. The molecule has 1 aromatic rings. The Kier molecular flexibility index (Phi) is 3.96. The molecule has 0 aliphatic carbocycles. The standard InChI is InChI=1S/C12H17N3O4S/c1-9-4-6-14(7-5-9)20(18,19)12-3-2-10(13)8-11(12)15(16)17/h2-3,8-9H,4-7,13H2,1H3. The molecule has 0 saturated carbocycles. The van der Waals surface area contributed by atoms with Crippen LogP contribution in [0.4, 0.5) is 11.4 Å². The van der Waals surface area contributed by atoms with Gasteiger partial charge in [-0.2, -0.15) is 4.31 Å². The zero-order chi connectivity index (χ0) is 14.9. The lowest BCUT2D eigenvalue weighted by Gasteiger charge is -2.29. The summed E-state index contributed by atoms with van der Waals surface area (Å²) in [5, 5.41) is 11.0. The van der Waals surface area contributed by atoms with E-state index in [9.17, 15) is 18.5 Å². The van der Waals surface area contributed by atoms with E-state index in [-0.39, 0.29) is 10.6 Å². The number of benzene rings is 1. The second kappa shape index (κ2) is 5.37. The molecule has 1 saturated heterocycles. The van der Waals surface area contributed by atoms with Gasteiger partial charge in [-0.1, -0.05) is 6.92 Å². The van der Waals surface area contributed by atoms with Gasteiger partial charge in [0.1, 0.15) is 0 Å². The highest BCUT2D eigenvalue weighted by Gasteiger charge is 2.33. The van der Waals surface area contributed by atoms with Gasteiger partial charge in [0.05, 0.1) is 4.92 Å². The van der Waals surface area contributed by atoms with Crippen LogP contribution in [0.5, 0.6) is 0 Å². The lowest BCUT2D eigenvalue weighted by Crippen LogP contribution is -2.38. The molecule has 0 amide bonds. The van der Waals surface area contributed by atoms with Crippen LogP contribution >= 0.6 is 0 Å². The Labute approximate surface area is 117 Å². The summed E-state index contributed by atoms with van der Waals surface area (Å²) in [7, 11) is -3.84. The summed E-state index contributed by atoms with van der Waals surface area (Å²) >= 11 is 0. The predicted molar refractivity (Wildman–Crippen MR) is 74.7 cm³/mol. The topological polar surface area (TPSA) is 107 Å². The van der Waals surface area contributed by atoms with Crippen molar-refractivity contribution in [2.45, 2.75) is 24.7 Å². The third-order valence-electron chi connectivity index (χ3n) is 3.54. The van der Waals surface area contributed by atoms with Gasteiger partial charge < -0.3 is 5.73 Å². The van der Waals surface area contributed by atoms with Crippen molar-refractivity contribution in [3.63, 3.8) is 0 Å². The lowest BCUT2D eigenvalue weighted by molar-refractivity contribution is -0.387. The first-order valence-corrected chi connectivity index (χ1v) is 7.80. The Bertz CT molecular complexity index is 622. The quantitative estimate of drug-likeness (QED) is 0.518. The Balaban J connectivity index is 2.42. The van der Waals surface area contributed by atoms with Crippen LogP contribution in [0.2, 0.25) is 0 Å². The summed E-state index contributed by atoms with van der Waals surface area (Å²) in [4.78, 5) is 10.0. The van der Waals surface area contributed by atoms with Crippen LogP contribution in [0.1, 0.15) is 19.8 Å². The van der Waals surface area contributed by atoms with Gasteiger partial charge in [-0.3, -0.25) is 10.1 Å². The fourth-order valence-corrected chi connectivity index (χ4v) is 3.87. The number of anilines is 1. The Morgan fingerprint density at radius 1 is 1.35 bits per heavy atom. The first kappa shape index (κ1) is 14.7. The maximum atomic E-state index is 12.5. The van der Waals surface area contributed by atoms with E-state index in [2.05, 4.69) is 6.92 Å². The molecule has 0 unspecified atom stereocenters. The molecule has 0 radical (unpaired) electrons. The van der Waals surface area contributed by atoms with E-state index in [1.165, 1.54) is 16.4 Å². The molecule has 1 aliphatic heterocycles. The van der Waals surface area contributed by atoms with E-state index in [0.29, 0.717) is 19.0 Å². The van der Waals surface area contributed by atoms with Crippen LogP contribution in [0.25, 0.3) is 0 Å². The number of rotatable bonds is 3. The van der Waals surface area contributed by atoms with Crippen LogP contribution in [-0.4, -0.2) is 30.7 Å². The average molecular weight is 299 g/mol. The van der Waals surface area contributed by atoms with Gasteiger partial charge in [0.15, 0.2) is 4.90 Å². The maximum Gasteiger partial charge on any atom is 0.291 e. The van der Waals surface area contributed by atoms with Crippen molar-refractivity contribution >= 4 is 21.4 Å². The van der Waals surface area contributed by atoms with Gasteiger partial charge in [0.2, 0.25) is 10.0 Å². The molecule has 1 fully saturated rings. The van der Waals surface area contributed by atoms with Gasteiger partial charge in [0.25, 0.3) is 5.69 Å². The van der Waals surface area contributed by atoms with Crippen molar-refractivity contribution < 1.29 is 13.3 Å². The molecule has 0 atom stereocenters. The normalized spacial score (nSPS) is 18.1. The molecule has 0 bridgehead atoms. The SMILES string of the molecule is CC1CCN(S(=O)(=O)c2ccc(N)cc2[N+](=O)[O-])CC1. The highest BCUT2D eigenvalue weighted by atomic mass is 32.2. The van der Waals surface area contributed by atoms with Crippen molar-refractivity contribution in [3.05, 3.63) is 28.3 Å². The highest BCUT2D eigenvalue weighted by molar-refractivity contribution is 7.89. The van der Waals surface area contributed by atoms with Gasteiger partial charge in [0, 0.05) is 24.8 Å².